The van der Waals surface area contributed by atoms with Crippen molar-refractivity contribution >= 4 is 11.5 Å². The number of aromatic nitrogens is 3. The minimum absolute atomic E-state index is 0. The summed E-state index contributed by atoms with van der Waals surface area (Å²) in [6, 6.07) is 8.85. The van der Waals surface area contributed by atoms with Gasteiger partial charge in [-0.2, -0.15) is 5.53 Å². The van der Waals surface area contributed by atoms with Crippen molar-refractivity contribution in [2.24, 2.45) is 32.7 Å². The third kappa shape index (κ3) is 10.7. The summed E-state index contributed by atoms with van der Waals surface area (Å²) in [4.78, 5) is 11.2. The topological polar surface area (TPSA) is 146 Å². The molecule has 1 aliphatic carbocycles. The number of nitrogens with zero attached hydrogens (tertiary/aromatic N) is 7. The Morgan fingerprint density at radius 1 is 0.896 bits per heavy atom. The average Bonchev–Trinajstić information content (AvgIpc) is 3.69. The van der Waals surface area contributed by atoms with E-state index in [0.29, 0.717) is 0 Å². The molecule has 3 heterocycles. The molecule has 0 unspecified atom stereocenters. The maximum absolute atomic E-state index is 6.65. The van der Waals surface area contributed by atoms with Gasteiger partial charge in [-0.25, -0.2) is 9.97 Å². The van der Waals surface area contributed by atoms with E-state index in [1.807, 2.05) is 16.8 Å². The van der Waals surface area contributed by atoms with E-state index >= 15 is 0 Å². The van der Waals surface area contributed by atoms with Crippen molar-refractivity contribution in [2.75, 3.05) is 18.0 Å². The second-order valence-corrected chi connectivity index (χ2v) is 9.72. The second kappa shape index (κ2) is 19.8. The zero-order valence-corrected chi connectivity index (χ0v) is 26.1. The van der Waals surface area contributed by atoms with Crippen molar-refractivity contribution in [1.29, 1.82) is 5.53 Å². The molecular weight excluding hydrogens is 596 g/mol. The summed E-state index contributed by atoms with van der Waals surface area (Å²) in [6.45, 7) is 3.72. The number of benzene rings is 1. The van der Waals surface area contributed by atoms with E-state index in [2.05, 4.69) is 167 Å². The van der Waals surface area contributed by atoms with Crippen LogP contribution in [0, 0.1) is 118 Å². The molecule has 1 fully saturated rings. The van der Waals surface area contributed by atoms with Gasteiger partial charge in [0.2, 0.25) is 0 Å². The van der Waals surface area contributed by atoms with Crippen LogP contribution in [0.5, 0.6) is 0 Å². The highest BCUT2D eigenvalue weighted by Gasteiger charge is 2.45. The number of nitrogens with one attached hydrogen (secondary N) is 1. The first-order valence-corrected chi connectivity index (χ1v) is 14.3. The van der Waals surface area contributed by atoms with Crippen LogP contribution in [0.2, 0.25) is 0 Å². The van der Waals surface area contributed by atoms with Gasteiger partial charge in [0.25, 0.3) is 0 Å². The van der Waals surface area contributed by atoms with Crippen LogP contribution in [0.15, 0.2) is 64.7 Å². The van der Waals surface area contributed by atoms with Gasteiger partial charge < -0.3 is 20.9 Å². The number of hydrogen-bond donors (Lipinski definition) is 3. The van der Waals surface area contributed by atoms with E-state index < -0.39 is 0 Å². The summed E-state index contributed by atoms with van der Waals surface area (Å²) >= 11 is 0. The van der Waals surface area contributed by atoms with Crippen LogP contribution in [0.25, 0.3) is 5.65 Å². The normalized spacial score (nSPS) is 13.5. The molecule has 0 bridgehead atoms. The van der Waals surface area contributed by atoms with Gasteiger partial charge in [-0.15, -0.1) is 6.42 Å². The second-order valence-electron chi connectivity index (χ2n) is 9.72. The number of fused-ring (bicyclic) bond motifs is 2. The summed E-state index contributed by atoms with van der Waals surface area (Å²) in [5.74, 6) is 47.3. The fourth-order valence-corrected chi connectivity index (χ4v) is 5.00. The molecule has 0 radical (unpaired) electrons. The van der Waals surface area contributed by atoms with Crippen LogP contribution in [0.1, 0.15) is 48.3 Å². The zero-order valence-electron chi connectivity index (χ0n) is 26.1. The summed E-state index contributed by atoms with van der Waals surface area (Å²) < 4.78 is 2.03. The lowest BCUT2D eigenvalue weighted by Gasteiger charge is -2.42. The monoisotopic (exact) mass is 640 g/mol. The molecule has 2 aromatic heterocycles. The molecule has 5 rings (SSSR count). The highest BCUT2D eigenvalue weighted by Crippen LogP contribution is 2.50. The van der Waals surface area contributed by atoms with Crippen molar-refractivity contribution in [1.82, 2.24) is 14.4 Å². The van der Waals surface area contributed by atoms with Gasteiger partial charge in [0.1, 0.15) is 5.82 Å². The SMILES string of the molecule is C#CC#CC#CC#CC#CC#CC#CC#CC#CC.N=N/N=N/N.N[C@@H]1c2ccccc2CC12CCN(c1cn3ccnc3cn1)CC2.[HH].[HH].[HH].[HH].[HH].[HH].[HH].[HH]. The Kier molecular flexibility index (Phi) is 14.5. The van der Waals surface area contributed by atoms with Gasteiger partial charge in [0, 0.05) is 42.9 Å². The molecule has 48 heavy (non-hydrogen) atoms. The van der Waals surface area contributed by atoms with E-state index in [-0.39, 0.29) is 22.9 Å². The Morgan fingerprint density at radius 2 is 1.48 bits per heavy atom. The fourth-order valence-electron chi connectivity index (χ4n) is 5.00. The van der Waals surface area contributed by atoms with E-state index in [0.717, 1.165) is 43.8 Å². The lowest BCUT2D eigenvalue weighted by atomic mass is 9.73. The number of terminal acetylenes is 1. The predicted molar refractivity (Wildman–Crippen MR) is 202 cm³/mol. The fraction of sp³-hybridized carbons (Fsp3) is 0.211. The standard InChI is InChI=1S/C19H21N5.C19H4.H3N5.8H2/c20-18-15-4-2-1-3-14(15)11-19(18)5-8-23(9-6-19)17-13-24-10-7-21-16(24)12-22-17;1-3-5-7-9-11-13-15-17-19-18-16-14-12-10-8-6-4-2;1-3-5-4-2;;;;;;;;/h1-4,7,10,12-13,18H,5-6,8-9,11,20H2;1H,2H3;(H3,1,2,5);8*1H/t18-;;;;;;;;;;/m1........../s1. The number of nitrogens with two attached hydrogens (primary N) is 2. The molecule has 5 N–H and O–H groups in total. The van der Waals surface area contributed by atoms with Crippen LogP contribution in [0.4, 0.5) is 5.82 Å². The molecule has 1 aromatic carbocycles. The number of rotatable bonds is 2. The quantitative estimate of drug-likeness (QED) is 0.147. The Morgan fingerprint density at radius 3 is 2.00 bits per heavy atom. The minimum Gasteiger partial charge on any atom is -0.355 e. The van der Waals surface area contributed by atoms with Crippen LogP contribution in [0.3, 0.4) is 0 Å². The molecule has 1 saturated heterocycles. The van der Waals surface area contributed by atoms with Crippen molar-refractivity contribution in [3.63, 3.8) is 0 Å². The van der Waals surface area contributed by atoms with Crippen molar-refractivity contribution in [2.45, 2.75) is 32.2 Å². The van der Waals surface area contributed by atoms with Crippen molar-refractivity contribution in [3.8, 4) is 107 Å². The largest absolute Gasteiger partial charge is 0.355 e. The van der Waals surface area contributed by atoms with Gasteiger partial charge in [0.15, 0.2) is 5.65 Å². The summed E-state index contributed by atoms with van der Waals surface area (Å²) in [5, 5.41) is 7.73. The first-order valence-electron chi connectivity index (χ1n) is 14.3. The number of hydrogen-bond acceptors (Lipinski definition) is 6. The summed E-state index contributed by atoms with van der Waals surface area (Å²) in [5.41, 5.74) is 16.4. The lowest BCUT2D eigenvalue weighted by molar-refractivity contribution is 0.187. The van der Waals surface area contributed by atoms with E-state index in [4.69, 9.17) is 17.7 Å². The average molecular weight is 641 g/mol. The first-order chi connectivity index (χ1) is 23.6. The minimum atomic E-state index is 0. The molecule has 0 amide bonds. The third-order valence-electron chi connectivity index (χ3n) is 7.11. The maximum atomic E-state index is 6.65. The first kappa shape index (κ1) is 35.1. The zero-order chi connectivity index (χ0) is 34.3. The number of piperidine rings is 1. The Balaban J connectivity index is -0.000000180. The highest BCUT2D eigenvalue weighted by atomic mass is 15.5. The lowest BCUT2D eigenvalue weighted by Crippen LogP contribution is -2.44. The third-order valence-corrected chi connectivity index (χ3v) is 7.11. The predicted octanol–water partition coefficient (Wildman–Crippen LogP) is 5.46. The molecule has 1 spiro atoms. The molecule has 10 heteroatoms. The number of imidazole rings is 1. The summed E-state index contributed by atoms with van der Waals surface area (Å²) in [6.07, 6.45) is 15.9. The molecule has 10 nitrogen and oxygen atoms in total. The van der Waals surface area contributed by atoms with Gasteiger partial charge in [-0.05, 0) is 148 Å². The molecule has 3 aromatic rings. The van der Waals surface area contributed by atoms with E-state index in [1.54, 1.807) is 13.1 Å². The van der Waals surface area contributed by atoms with E-state index in [1.165, 1.54) is 11.1 Å². The highest BCUT2D eigenvalue weighted by molar-refractivity contribution is 5.47. The molecule has 1 atom stereocenters. The van der Waals surface area contributed by atoms with Gasteiger partial charge in [-0.1, -0.05) is 35.4 Å². The van der Waals surface area contributed by atoms with Crippen molar-refractivity contribution < 1.29 is 11.4 Å². The smallest absolute Gasteiger partial charge is 0.155 e. The van der Waals surface area contributed by atoms with E-state index in [9.17, 15) is 0 Å². The van der Waals surface area contributed by atoms with Crippen LogP contribution in [-0.2, 0) is 6.42 Å². The molecular formula is C38H44N10. The summed E-state index contributed by atoms with van der Waals surface area (Å²) in [7, 11) is 0. The maximum Gasteiger partial charge on any atom is 0.155 e. The molecule has 1 aliphatic heterocycles. The van der Waals surface area contributed by atoms with Gasteiger partial charge in [0.05, 0.1) is 12.4 Å². The van der Waals surface area contributed by atoms with Crippen LogP contribution < -0.4 is 16.5 Å². The Hall–Kier alpha value is -7.36. The van der Waals surface area contributed by atoms with Crippen LogP contribution >= 0.6 is 0 Å². The van der Waals surface area contributed by atoms with Gasteiger partial charge in [-0.3, -0.25) is 0 Å². The Bertz CT molecular complexity index is 2240. The molecule has 246 valence electrons. The van der Waals surface area contributed by atoms with Crippen molar-refractivity contribution in [3.05, 3.63) is 60.2 Å². The van der Waals surface area contributed by atoms with Crippen LogP contribution in [-0.4, -0.2) is 27.5 Å². The molecule has 2 aliphatic rings. The number of anilines is 1. The Labute approximate surface area is 292 Å². The van der Waals surface area contributed by atoms with Gasteiger partial charge >= 0.3 is 0 Å². The molecule has 0 saturated carbocycles.